The molecular formula is C13H15F3. The topological polar surface area (TPSA) is 0 Å². The standard InChI is InChI=1S/C13H15F3/c1-8-11(5-6-12(15)13(8)16)9-3-2-4-10(14)7-9/h5-6,9-10H,2-4,7H2,1H3/t9-,10?/m1/s1. The van der Waals surface area contributed by atoms with Gasteiger partial charge in [-0.25, -0.2) is 13.2 Å². The van der Waals surface area contributed by atoms with E-state index in [9.17, 15) is 13.2 Å². The molecule has 1 aromatic rings. The lowest BCUT2D eigenvalue weighted by atomic mass is 9.81. The molecule has 1 aliphatic rings. The maximum absolute atomic E-state index is 13.4. The molecule has 0 N–H and O–H groups in total. The van der Waals surface area contributed by atoms with Gasteiger partial charge in [-0.15, -0.1) is 0 Å². The number of benzene rings is 1. The maximum atomic E-state index is 13.4. The molecule has 2 atom stereocenters. The molecular weight excluding hydrogens is 213 g/mol. The van der Waals surface area contributed by atoms with Gasteiger partial charge in [0.2, 0.25) is 0 Å². The Bertz CT molecular complexity index is 387. The van der Waals surface area contributed by atoms with Crippen LogP contribution in [0.5, 0.6) is 0 Å². The van der Waals surface area contributed by atoms with E-state index in [0.717, 1.165) is 24.5 Å². The van der Waals surface area contributed by atoms with E-state index in [-0.39, 0.29) is 5.92 Å². The van der Waals surface area contributed by atoms with Gasteiger partial charge >= 0.3 is 0 Å². The van der Waals surface area contributed by atoms with Crippen LogP contribution in [0.3, 0.4) is 0 Å². The van der Waals surface area contributed by atoms with Crippen LogP contribution in [-0.2, 0) is 0 Å². The fraction of sp³-hybridized carbons (Fsp3) is 0.538. The van der Waals surface area contributed by atoms with Gasteiger partial charge in [-0.05, 0) is 55.7 Å². The van der Waals surface area contributed by atoms with E-state index >= 15 is 0 Å². The van der Waals surface area contributed by atoms with Gasteiger partial charge in [-0.1, -0.05) is 6.07 Å². The van der Waals surface area contributed by atoms with Crippen molar-refractivity contribution in [3.63, 3.8) is 0 Å². The summed E-state index contributed by atoms with van der Waals surface area (Å²) in [5, 5.41) is 0. The average Bonchev–Trinajstić information content (AvgIpc) is 2.26. The molecule has 88 valence electrons. The molecule has 16 heavy (non-hydrogen) atoms. The summed E-state index contributed by atoms with van der Waals surface area (Å²) in [6.07, 6.45) is 1.92. The molecule has 0 aliphatic heterocycles. The van der Waals surface area contributed by atoms with Gasteiger partial charge in [-0.2, -0.15) is 0 Å². The highest BCUT2D eigenvalue weighted by molar-refractivity contribution is 5.31. The highest BCUT2D eigenvalue weighted by Gasteiger charge is 2.25. The third-order valence-corrected chi connectivity index (χ3v) is 3.43. The third-order valence-electron chi connectivity index (χ3n) is 3.43. The van der Waals surface area contributed by atoms with Gasteiger partial charge in [0.15, 0.2) is 11.6 Å². The van der Waals surface area contributed by atoms with Crippen LogP contribution in [0.15, 0.2) is 12.1 Å². The van der Waals surface area contributed by atoms with Crippen molar-refractivity contribution in [2.24, 2.45) is 0 Å². The van der Waals surface area contributed by atoms with Crippen molar-refractivity contribution in [2.45, 2.75) is 44.7 Å². The fourth-order valence-electron chi connectivity index (χ4n) is 2.52. The van der Waals surface area contributed by atoms with Crippen molar-refractivity contribution in [3.8, 4) is 0 Å². The lowest BCUT2D eigenvalue weighted by Gasteiger charge is -2.26. The van der Waals surface area contributed by atoms with E-state index in [1.807, 2.05) is 0 Å². The van der Waals surface area contributed by atoms with Crippen LogP contribution in [0, 0.1) is 18.6 Å². The zero-order chi connectivity index (χ0) is 11.7. The SMILES string of the molecule is Cc1c([C@@H]2CCCC(F)C2)ccc(F)c1F. The van der Waals surface area contributed by atoms with Gasteiger partial charge in [0.1, 0.15) is 6.17 Å². The molecule has 1 fully saturated rings. The molecule has 0 amide bonds. The molecule has 2 rings (SSSR count). The van der Waals surface area contributed by atoms with Crippen LogP contribution in [0.4, 0.5) is 13.2 Å². The first-order valence-corrected chi connectivity index (χ1v) is 5.68. The minimum Gasteiger partial charge on any atom is -0.247 e. The Morgan fingerprint density at radius 2 is 1.94 bits per heavy atom. The zero-order valence-electron chi connectivity index (χ0n) is 9.27. The molecule has 3 heteroatoms. The Morgan fingerprint density at radius 3 is 2.62 bits per heavy atom. The highest BCUT2D eigenvalue weighted by atomic mass is 19.2. The van der Waals surface area contributed by atoms with Crippen molar-refractivity contribution in [1.29, 1.82) is 0 Å². The highest BCUT2D eigenvalue weighted by Crippen LogP contribution is 2.36. The average molecular weight is 228 g/mol. The van der Waals surface area contributed by atoms with Crippen LogP contribution in [0.2, 0.25) is 0 Å². The second-order valence-electron chi connectivity index (χ2n) is 4.54. The number of alkyl halides is 1. The van der Waals surface area contributed by atoms with Gasteiger partial charge in [0.25, 0.3) is 0 Å². The Kier molecular flexibility index (Phi) is 3.22. The molecule has 0 heterocycles. The third kappa shape index (κ3) is 2.08. The Labute approximate surface area is 93.5 Å². The van der Waals surface area contributed by atoms with E-state index in [4.69, 9.17) is 0 Å². The number of halogens is 3. The molecule has 0 saturated heterocycles. The number of rotatable bonds is 1. The Balaban J connectivity index is 2.29. The van der Waals surface area contributed by atoms with E-state index < -0.39 is 17.8 Å². The monoisotopic (exact) mass is 228 g/mol. The second kappa shape index (κ2) is 4.48. The van der Waals surface area contributed by atoms with Crippen molar-refractivity contribution >= 4 is 0 Å². The van der Waals surface area contributed by atoms with E-state index in [2.05, 4.69) is 0 Å². The molecule has 1 saturated carbocycles. The van der Waals surface area contributed by atoms with Crippen molar-refractivity contribution < 1.29 is 13.2 Å². The van der Waals surface area contributed by atoms with Crippen molar-refractivity contribution in [1.82, 2.24) is 0 Å². The fourth-order valence-corrected chi connectivity index (χ4v) is 2.52. The summed E-state index contributed by atoms with van der Waals surface area (Å²) in [6.45, 7) is 1.57. The minimum atomic E-state index is -0.825. The van der Waals surface area contributed by atoms with Gasteiger partial charge in [0.05, 0.1) is 0 Å². The normalized spacial score (nSPS) is 25.8. The zero-order valence-corrected chi connectivity index (χ0v) is 9.27. The molecule has 0 bridgehead atoms. The number of hydrogen-bond acceptors (Lipinski definition) is 0. The molecule has 0 aromatic heterocycles. The first-order chi connectivity index (χ1) is 7.59. The summed E-state index contributed by atoms with van der Waals surface area (Å²) in [6, 6.07) is 2.73. The summed E-state index contributed by atoms with van der Waals surface area (Å²) in [4.78, 5) is 0. The van der Waals surface area contributed by atoms with Gasteiger partial charge in [0, 0.05) is 0 Å². The summed E-state index contributed by atoms with van der Waals surface area (Å²) in [5.41, 5.74) is 1.10. The predicted octanol–water partition coefficient (Wildman–Crippen LogP) is 4.27. The molecule has 0 nitrogen and oxygen atoms in total. The molecule has 1 aliphatic carbocycles. The van der Waals surface area contributed by atoms with Crippen LogP contribution in [0.1, 0.15) is 42.7 Å². The van der Waals surface area contributed by atoms with Crippen LogP contribution in [-0.4, -0.2) is 6.17 Å². The summed E-state index contributed by atoms with van der Waals surface area (Å²) >= 11 is 0. The lowest BCUT2D eigenvalue weighted by molar-refractivity contribution is 0.231. The van der Waals surface area contributed by atoms with Crippen LogP contribution >= 0.6 is 0 Å². The first-order valence-electron chi connectivity index (χ1n) is 5.68. The molecule has 1 unspecified atom stereocenters. The second-order valence-corrected chi connectivity index (χ2v) is 4.54. The van der Waals surface area contributed by atoms with Crippen LogP contribution in [0.25, 0.3) is 0 Å². The maximum Gasteiger partial charge on any atom is 0.162 e. The van der Waals surface area contributed by atoms with E-state index in [0.29, 0.717) is 18.4 Å². The van der Waals surface area contributed by atoms with E-state index in [1.54, 1.807) is 13.0 Å². The smallest absolute Gasteiger partial charge is 0.162 e. The molecule has 0 radical (unpaired) electrons. The molecule has 0 spiro atoms. The lowest BCUT2D eigenvalue weighted by Crippen LogP contribution is -2.16. The van der Waals surface area contributed by atoms with Crippen molar-refractivity contribution in [3.05, 3.63) is 34.9 Å². The number of hydrogen-bond donors (Lipinski definition) is 0. The largest absolute Gasteiger partial charge is 0.247 e. The summed E-state index contributed by atoms with van der Waals surface area (Å²) < 4.78 is 39.6. The summed E-state index contributed by atoms with van der Waals surface area (Å²) in [5.74, 6) is -1.58. The summed E-state index contributed by atoms with van der Waals surface area (Å²) in [7, 11) is 0. The first kappa shape index (κ1) is 11.5. The quantitative estimate of drug-likeness (QED) is 0.673. The predicted molar refractivity (Wildman–Crippen MR) is 57.2 cm³/mol. The Hall–Kier alpha value is -0.990. The van der Waals surface area contributed by atoms with Crippen molar-refractivity contribution in [2.75, 3.05) is 0 Å². The Morgan fingerprint density at radius 1 is 1.19 bits per heavy atom. The minimum absolute atomic E-state index is 0.0406. The van der Waals surface area contributed by atoms with E-state index in [1.165, 1.54) is 0 Å². The molecule has 1 aromatic carbocycles. The van der Waals surface area contributed by atoms with Gasteiger partial charge < -0.3 is 0 Å². The van der Waals surface area contributed by atoms with Gasteiger partial charge in [-0.3, -0.25) is 0 Å². The van der Waals surface area contributed by atoms with Crippen LogP contribution < -0.4 is 0 Å².